The van der Waals surface area contributed by atoms with Crippen LogP contribution in [0.1, 0.15) is 53.4 Å². The van der Waals surface area contributed by atoms with Crippen LogP contribution in [0.4, 0.5) is 0 Å². The number of hydrogen-bond acceptors (Lipinski definition) is 3. The molecule has 1 aliphatic heterocycles. The van der Waals surface area contributed by atoms with Crippen LogP contribution in [0, 0.1) is 11.3 Å². The molecule has 18 heavy (non-hydrogen) atoms. The Labute approximate surface area is 110 Å². The van der Waals surface area contributed by atoms with Crippen molar-refractivity contribution in [3.8, 4) is 0 Å². The molecular weight excluding hydrogens is 230 g/mol. The number of carbonyl (C=O) groups is 1. The first-order chi connectivity index (χ1) is 8.21. The predicted molar refractivity (Wildman–Crippen MR) is 71.4 cm³/mol. The van der Waals surface area contributed by atoms with E-state index in [1.165, 1.54) is 0 Å². The molecule has 1 rings (SSSR count). The van der Waals surface area contributed by atoms with Gasteiger partial charge in [-0.25, -0.2) is 0 Å². The molecule has 0 aliphatic carbocycles. The third-order valence-electron chi connectivity index (χ3n) is 3.82. The van der Waals surface area contributed by atoms with Gasteiger partial charge in [0.05, 0.1) is 17.1 Å². The van der Waals surface area contributed by atoms with Crippen molar-refractivity contribution in [2.24, 2.45) is 17.1 Å². The molecule has 1 saturated heterocycles. The molecule has 2 atom stereocenters. The summed E-state index contributed by atoms with van der Waals surface area (Å²) in [6.07, 6.45) is 3.08. The number of rotatable bonds is 6. The lowest BCUT2D eigenvalue weighted by molar-refractivity contribution is -0.153. The zero-order valence-electron chi connectivity index (χ0n) is 12.0. The molecule has 0 spiro atoms. The lowest BCUT2D eigenvalue weighted by Crippen LogP contribution is -2.42. The molecule has 0 amide bonds. The fraction of sp³-hybridized carbons (Fsp3) is 0.929. The zero-order chi connectivity index (χ0) is 14.0. The highest BCUT2D eigenvalue weighted by Crippen LogP contribution is 2.39. The van der Waals surface area contributed by atoms with Gasteiger partial charge in [0, 0.05) is 6.54 Å². The number of aliphatic carboxylic acids is 1. The van der Waals surface area contributed by atoms with Gasteiger partial charge in [-0.15, -0.1) is 0 Å². The maximum atomic E-state index is 11.6. The highest BCUT2D eigenvalue weighted by molar-refractivity contribution is 5.75. The van der Waals surface area contributed by atoms with Crippen LogP contribution in [-0.2, 0) is 9.53 Å². The molecule has 106 valence electrons. The number of carboxylic acids is 1. The third-order valence-corrected chi connectivity index (χ3v) is 3.82. The van der Waals surface area contributed by atoms with Crippen LogP contribution in [0.5, 0.6) is 0 Å². The lowest BCUT2D eigenvalue weighted by atomic mass is 9.75. The highest BCUT2D eigenvalue weighted by atomic mass is 16.5. The summed E-state index contributed by atoms with van der Waals surface area (Å²) in [5.74, 6) is -0.467. The number of carboxylic acid groups (broad SMARTS) is 1. The summed E-state index contributed by atoms with van der Waals surface area (Å²) in [4.78, 5) is 11.6. The smallest absolute Gasteiger partial charge is 0.311 e. The molecule has 0 radical (unpaired) electrons. The average molecular weight is 257 g/mol. The van der Waals surface area contributed by atoms with Crippen molar-refractivity contribution in [3.05, 3.63) is 0 Å². The topological polar surface area (TPSA) is 72.5 Å². The van der Waals surface area contributed by atoms with Gasteiger partial charge in [-0.05, 0) is 45.4 Å². The summed E-state index contributed by atoms with van der Waals surface area (Å²) in [6, 6.07) is 0. The van der Waals surface area contributed by atoms with Gasteiger partial charge in [-0.2, -0.15) is 0 Å². The molecule has 2 unspecified atom stereocenters. The van der Waals surface area contributed by atoms with Gasteiger partial charge in [0.25, 0.3) is 0 Å². The quantitative estimate of drug-likeness (QED) is 0.766. The summed E-state index contributed by atoms with van der Waals surface area (Å²) in [6.45, 7) is 8.36. The molecule has 0 saturated carbocycles. The largest absolute Gasteiger partial charge is 0.481 e. The molecule has 1 fully saturated rings. The zero-order valence-corrected chi connectivity index (χ0v) is 12.0. The standard InChI is InChI=1S/C14H27NO3/c1-10(2)7-14(9-15,12(16)17)8-11-5-6-13(3,4)18-11/h10-11H,5-9,15H2,1-4H3,(H,16,17). The summed E-state index contributed by atoms with van der Waals surface area (Å²) < 4.78 is 5.92. The first-order valence-corrected chi connectivity index (χ1v) is 6.82. The van der Waals surface area contributed by atoms with E-state index in [-0.39, 0.29) is 18.2 Å². The predicted octanol–water partition coefficient (Wildman–Crippen LogP) is 2.41. The van der Waals surface area contributed by atoms with Gasteiger partial charge in [-0.3, -0.25) is 4.79 Å². The van der Waals surface area contributed by atoms with E-state index in [1.807, 2.05) is 13.8 Å². The Bertz CT molecular complexity index is 301. The molecule has 3 N–H and O–H groups in total. The van der Waals surface area contributed by atoms with Crippen LogP contribution in [0.15, 0.2) is 0 Å². The summed E-state index contributed by atoms with van der Waals surface area (Å²) in [7, 11) is 0. The van der Waals surface area contributed by atoms with Crippen molar-refractivity contribution in [3.63, 3.8) is 0 Å². The maximum absolute atomic E-state index is 11.6. The Morgan fingerprint density at radius 2 is 2.17 bits per heavy atom. The minimum absolute atomic E-state index is 0.0263. The van der Waals surface area contributed by atoms with Crippen LogP contribution in [0.3, 0.4) is 0 Å². The second-order valence-electron chi connectivity index (χ2n) is 6.63. The Kier molecular flexibility index (Phi) is 4.78. The fourth-order valence-corrected chi connectivity index (χ4v) is 2.95. The lowest BCUT2D eigenvalue weighted by Gasteiger charge is -2.32. The van der Waals surface area contributed by atoms with E-state index in [1.54, 1.807) is 0 Å². The molecule has 1 heterocycles. The Morgan fingerprint density at radius 3 is 2.50 bits per heavy atom. The van der Waals surface area contributed by atoms with Gasteiger partial charge < -0.3 is 15.6 Å². The summed E-state index contributed by atoms with van der Waals surface area (Å²) in [5.41, 5.74) is 4.81. The molecule has 1 aliphatic rings. The van der Waals surface area contributed by atoms with Gasteiger partial charge >= 0.3 is 5.97 Å². The number of ether oxygens (including phenoxy) is 1. The van der Waals surface area contributed by atoms with Crippen molar-refractivity contribution in [1.82, 2.24) is 0 Å². The van der Waals surface area contributed by atoms with Crippen LogP contribution in [-0.4, -0.2) is 29.3 Å². The van der Waals surface area contributed by atoms with Gasteiger partial charge in [0.15, 0.2) is 0 Å². The highest BCUT2D eigenvalue weighted by Gasteiger charge is 2.43. The summed E-state index contributed by atoms with van der Waals surface area (Å²) >= 11 is 0. The van der Waals surface area contributed by atoms with E-state index < -0.39 is 11.4 Å². The van der Waals surface area contributed by atoms with Crippen molar-refractivity contribution in [1.29, 1.82) is 0 Å². The van der Waals surface area contributed by atoms with Crippen LogP contribution >= 0.6 is 0 Å². The second kappa shape index (κ2) is 5.57. The van der Waals surface area contributed by atoms with E-state index in [9.17, 15) is 9.90 Å². The molecule has 4 nitrogen and oxygen atoms in total. The van der Waals surface area contributed by atoms with Crippen molar-refractivity contribution in [2.75, 3.05) is 6.54 Å². The van der Waals surface area contributed by atoms with E-state index >= 15 is 0 Å². The van der Waals surface area contributed by atoms with Gasteiger partial charge in [0.1, 0.15) is 0 Å². The third kappa shape index (κ3) is 3.69. The molecule has 0 aromatic carbocycles. The minimum Gasteiger partial charge on any atom is -0.481 e. The molecule has 0 aromatic heterocycles. The van der Waals surface area contributed by atoms with Crippen LogP contribution < -0.4 is 5.73 Å². The Morgan fingerprint density at radius 1 is 1.56 bits per heavy atom. The molecule has 0 bridgehead atoms. The van der Waals surface area contributed by atoms with E-state index in [0.717, 1.165) is 12.8 Å². The van der Waals surface area contributed by atoms with Gasteiger partial charge in [-0.1, -0.05) is 13.8 Å². The van der Waals surface area contributed by atoms with Crippen LogP contribution in [0.2, 0.25) is 0 Å². The monoisotopic (exact) mass is 257 g/mol. The van der Waals surface area contributed by atoms with E-state index in [0.29, 0.717) is 18.8 Å². The summed E-state index contributed by atoms with van der Waals surface area (Å²) in [5, 5.41) is 9.53. The fourth-order valence-electron chi connectivity index (χ4n) is 2.95. The van der Waals surface area contributed by atoms with Crippen molar-refractivity contribution >= 4 is 5.97 Å². The van der Waals surface area contributed by atoms with E-state index in [2.05, 4.69) is 13.8 Å². The normalized spacial score (nSPS) is 26.2. The average Bonchev–Trinajstić information content (AvgIpc) is 2.55. The molecule has 4 heteroatoms. The van der Waals surface area contributed by atoms with Crippen LogP contribution in [0.25, 0.3) is 0 Å². The number of nitrogens with two attached hydrogens (primary N) is 1. The minimum atomic E-state index is -0.834. The maximum Gasteiger partial charge on any atom is 0.311 e. The van der Waals surface area contributed by atoms with Crippen molar-refractivity contribution in [2.45, 2.75) is 65.1 Å². The Balaban J connectivity index is 2.76. The SMILES string of the molecule is CC(C)CC(CN)(CC1CCC(C)(C)O1)C(=O)O. The first-order valence-electron chi connectivity index (χ1n) is 6.82. The molecule has 0 aromatic rings. The number of hydrogen-bond donors (Lipinski definition) is 2. The first kappa shape index (κ1) is 15.4. The second-order valence-corrected chi connectivity index (χ2v) is 6.63. The van der Waals surface area contributed by atoms with E-state index in [4.69, 9.17) is 10.5 Å². The van der Waals surface area contributed by atoms with Gasteiger partial charge in [0.2, 0.25) is 0 Å². The van der Waals surface area contributed by atoms with Crippen molar-refractivity contribution < 1.29 is 14.6 Å². The Hall–Kier alpha value is -0.610. The molecular formula is C14H27NO3.